The van der Waals surface area contributed by atoms with Crippen LogP contribution >= 0.6 is 23.5 Å². The molecule has 1 amide bonds. The summed E-state index contributed by atoms with van der Waals surface area (Å²) in [6, 6.07) is 7.85. The molecule has 26 heavy (non-hydrogen) atoms. The van der Waals surface area contributed by atoms with Crippen LogP contribution in [0.25, 0.3) is 0 Å². The van der Waals surface area contributed by atoms with Crippen molar-refractivity contribution in [3.8, 4) is 0 Å². The number of nitrogens with one attached hydrogen (secondary N) is 1. The summed E-state index contributed by atoms with van der Waals surface area (Å²) < 4.78 is 1.66. The lowest BCUT2D eigenvalue weighted by Crippen LogP contribution is -2.25. The first-order valence-corrected chi connectivity index (χ1v) is 10.7. The normalized spacial score (nSPS) is 15.7. The number of thioether (sulfide) groups is 2. The second kappa shape index (κ2) is 8.31. The minimum atomic E-state index is -0.0978. The van der Waals surface area contributed by atoms with Crippen molar-refractivity contribution in [3.05, 3.63) is 45.9 Å². The summed E-state index contributed by atoms with van der Waals surface area (Å²) in [4.78, 5) is 30.3. The molecule has 1 unspecified atom stereocenters. The summed E-state index contributed by atoms with van der Waals surface area (Å²) in [5.41, 5.74) is 2.91. The Balaban J connectivity index is 1.69. The van der Waals surface area contributed by atoms with Crippen LogP contribution in [0.1, 0.15) is 32.0 Å². The molecule has 1 aromatic heterocycles. The maximum Gasteiger partial charge on any atom is 0.268 e. The van der Waals surface area contributed by atoms with Crippen LogP contribution in [0.15, 0.2) is 39.1 Å². The van der Waals surface area contributed by atoms with E-state index in [1.54, 1.807) is 16.3 Å². The largest absolute Gasteiger partial charge is 0.325 e. The highest BCUT2D eigenvalue weighted by Gasteiger charge is 2.26. The highest BCUT2D eigenvalue weighted by atomic mass is 32.2. The molecule has 1 N–H and O–H groups in total. The van der Waals surface area contributed by atoms with Gasteiger partial charge in [-0.1, -0.05) is 37.7 Å². The maximum absolute atomic E-state index is 12.6. The van der Waals surface area contributed by atoms with Crippen LogP contribution in [0.2, 0.25) is 0 Å². The molecule has 0 aliphatic carbocycles. The van der Waals surface area contributed by atoms with Gasteiger partial charge in [0.05, 0.1) is 16.3 Å². The molecule has 1 atom stereocenters. The molecule has 2 aromatic rings. The van der Waals surface area contributed by atoms with Crippen LogP contribution in [-0.2, 0) is 24.2 Å². The Morgan fingerprint density at radius 3 is 2.73 bits per heavy atom. The van der Waals surface area contributed by atoms with Gasteiger partial charge < -0.3 is 5.32 Å². The number of rotatable bonds is 6. The summed E-state index contributed by atoms with van der Waals surface area (Å²) in [5, 5.41) is 3.90. The number of anilines is 1. The van der Waals surface area contributed by atoms with E-state index in [2.05, 4.69) is 24.1 Å². The van der Waals surface area contributed by atoms with E-state index in [0.717, 1.165) is 29.1 Å². The van der Waals surface area contributed by atoms with Crippen LogP contribution < -0.4 is 10.9 Å². The molecule has 0 spiro atoms. The number of benzene rings is 1. The second-order valence-electron chi connectivity index (χ2n) is 6.24. The smallest absolute Gasteiger partial charge is 0.268 e. The van der Waals surface area contributed by atoms with E-state index < -0.39 is 0 Å². The zero-order chi connectivity index (χ0) is 18.7. The summed E-state index contributed by atoms with van der Waals surface area (Å²) >= 11 is 2.92. The number of carbonyl (C=O) groups is 1. The first-order valence-electron chi connectivity index (χ1n) is 8.83. The molecule has 0 fully saturated rings. The van der Waals surface area contributed by atoms with Gasteiger partial charge in [-0.2, -0.15) is 0 Å². The van der Waals surface area contributed by atoms with E-state index in [-0.39, 0.29) is 17.2 Å². The fraction of sp³-hybridized carbons (Fsp3) is 0.421. The minimum Gasteiger partial charge on any atom is -0.325 e. The lowest BCUT2D eigenvalue weighted by Gasteiger charge is -2.11. The lowest BCUT2D eigenvalue weighted by molar-refractivity contribution is -0.113. The van der Waals surface area contributed by atoms with Crippen LogP contribution in [0, 0.1) is 0 Å². The molecule has 0 bridgehead atoms. The van der Waals surface area contributed by atoms with Gasteiger partial charge in [0.2, 0.25) is 5.91 Å². The first kappa shape index (κ1) is 19.0. The molecule has 1 aliphatic rings. The number of carbonyl (C=O) groups excluding carboxylic acids is 1. The minimum absolute atomic E-state index is 0.0184. The van der Waals surface area contributed by atoms with Crippen molar-refractivity contribution in [1.82, 2.24) is 9.55 Å². The van der Waals surface area contributed by atoms with Gasteiger partial charge in [0.15, 0.2) is 5.16 Å². The van der Waals surface area contributed by atoms with Crippen molar-refractivity contribution in [1.29, 1.82) is 0 Å². The molecule has 0 saturated carbocycles. The number of aromatic nitrogens is 2. The molecule has 3 rings (SSSR count). The third-order valence-corrected chi connectivity index (χ3v) is 6.45. The van der Waals surface area contributed by atoms with Gasteiger partial charge in [0.25, 0.3) is 5.56 Å². The SMILES string of the molecule is CCc1ccc(NC(=O)CSc2nc3c(c(=O)n2CC)SC(C)C3)cc1. The summed E-state index contributed by atoms with van der Waals surface area (Å²) in [5.74, 6) is 0.128. The zero-order valence-electron chi connectivity index (χ0n) is 15.2. The highest BCUT2D eigenvalue weighted by molar-refractivity contribution is 8.00. The van der Waals surface area contributed by atoms with Crippen LogP contribution in [0.4, 0.5) is 5.69 Å². The number of nitrogens with zero attached hydrogens (tertiary/aromatic N) is 2. The monoisotopic (exact) mass is 389 g/mol. The quantitative estimate of drug-likeness (QED) is 0.604. The highest BCUT2D eigenvalue weighted by Crippen LogP contribution is 2.34. The molecule has 0 radical (unpaired) electrons. The van der Waals surface area contributed by atoms with E-state index >= 15 is 0 Å². The lowest BCUT2D eigenvalue weighted by atomic mass is 10.1. The number of fused-ring (bicyclic) bond motifs is 1. The van der Waals surface area contributed by atoms with Crippen molar-refractivity contribution in [2.24, 2.45) is 0 Å². The van der Waals surface area contributed by atoms with Gasteiger partial charge in [-0.25, -0.2) is 4.98 Å². The average Bonchev–Trinajstić information content (AvgIpc) is 3.01. The molecule has 138 valence electrons. The van der Waals surface area contributed by atoms with Gasteiger partial charge in [-0.15, -0.1) is 11.8 Å². The summed E-state index contributed by atoms with van der Waals surface area (Å²) in [6.07, 6.45) is 1.78. The molecule has 1 aliphatic heterocycles. The molecule has 5 nitrogen and oxygen atoms in total. The summed E-state index contributed by atoms with van der Waals surface area (Å²) in [7, 11) is 0. The molecule has 1 aromatic carbocycles. The Bertz CT molecular complexity index is 862. The topological polar surface area (TPSA) is 64.0 Å². The van der Waals surface area contributed by atoms with Crippen molar-refractivity contribution >= 4 is 35.1 Å². The Hall–Kier alpha value is -1.73. The zero-order valence-corrected chi connectivity index (χ0v) is 16.9. The van der Waals surface area contributed by atoms with Crippen LogP contribution in [0.5, 0.6) is 0 Å². The van der Waals surface area contributed by atoms with Gasteiger partial charge in [0.1, 0.15) is 0 Å². The number of aryl methyl sites for hydroxylation is 1. The molecule has 7 heteroatoms. The molecular weight excluding hydrogens is 366 g/mol. The number of hydrogen-bond donors (Lipinski definition) is 1. The van der Waals surface area contributed by atoms with Gasteiger partial charge in [-0.05, 0) is 31.0 Å². The van der Waals surface area contributed by atoms with Crippen molar-refractivity contribution in [3.63, 3.8) is 0 Å². The number of amides is 1. The predicted molar refractivity (Wildman–Crippen MR) is 108 cm³/mol. The number of hydrogen-bond acceptors (Lipinski definition) is 5. The first-order chi connectivity index (χ1) is 12.5. The maximum atomic E-state index is 12.6. The molecule has 2 heterocycles. The van der Waals surface area contributed by atoms with E-state index in [0.29, 0.717) is 17.0 Å². The fourth-order valence-electron chi connectivity index (χ4n) is 2.87. The van der Waals surface area contributed by atoms with Crippen molar-refractivity contribution in [2.75, 3.05) is 11.1 Å². The fourth-order valence-corrected chi connectivity index (χ4v) is 4.87. The third-order valence-electron chi connectivity index (χ3n) is 4.26. The van der Waals surface area contributed by atoms with E-state index in [9.17, 15) is 9.59 Å². The van der Waals surface area contributed by atoms with Gasteiger partial charge >= 0.3 is 0 Å². The van der Waals surface area contributed by atoms with E-state index in [4.69, 9.17) is 0 Å². The average molecular weight is 390 g/mol. The van der Waals surface area contributed by atoms with E-state index in [1.807, 2.05) is 31.2 Å². The Morgan fingerprint density at radius 2 is 2.08 bits per heavy atom. The van der Waals surface area contributed by atoms with Crippen molar-refractivity contribution in [2.45, 2.75) is 55.5 Å². The van der Waals surface area contributed by atoms with Crippen molar-refractivity contribution < 1.29 is 4.79 Å². The third kappa shape index (κ3) is 4.15. The second-order valence-corrected chi connectivity index (χ2v) is 8.63. The van der Waals surface area contributed by atoms with Crippen LogP contribution in [0.3, 0.4) is 0 Å². The molecular formula is C19H23N3O2S2. The van der Waals surface area contributed by atoms with Gasteiger partial charge in [-0.3, -0.25) is 14.2 Å². The van der Waals surface area contributed by atoms with Crippen LogP contribution in [-0.4, -0.2) is 26.5 Å². The summed E-state index contributed by atoms with van der Waals surface area (Å²) in [6.45, 7) is 6.68. The Kier molecular flexibility index (Phi) is 6.09. The Labute approximate surface area is 162 Å². The predicted octanol–water partition coefficient (Wildman–Crippen LogP) is 3.59. The molecule has 0 saturated heterocycles. The standard InChI is InChI=1S/C19H23N3O2S2/c1-4-13-6-8-14(9-7-13)20-16(23)11-25-19-21-15-10-12(3)26-17(15)18(24)22(19)5-2/h6-9,12H,4-5,10-11H2,1-3H3,(H,20,23). The Morgan fingerprint density at radius 1 is 1.35 bits per heavy atom. The van der Waals surface area contributed by atoms with Gasteiger partial charge in [0, 0.05) is 23.9 Å². The van der Waals surface area contributed by atoms with E-state index in [1.165, 1.54) is 17.3 Å².